The van der Waals surface area contributed by atoms with Gasteiger partial charge in [0.25, 0.3) is 0 Å². The molecule has 0 aliphatic heterocycles. The third-order valence-corrected chi connectivity index (χ3v) is 4.10. The number of anilines is 2. The summed E-state index contributed by atoms with van der Waals surface area (Å²) in [6.07, 6.45) is 0.381. The first-order chi connectivity index (χ1) is 13.2. The van der Waals surface area contributed by atoms with Crippen molar-refractivity contribution in [3.63, 3.8) is 0 Å². The molecule has 27 heavy (non-hydrogen) atoms. The van der Waals surface area contributed by atoms with Gasteiger partial charge in [0.15, 0.2) is 5.82 Å². The molecule has 0 amide bonds. The second-order valence-corrected chi connectivity index (χ2v) is 6.17. The average molecular weight is 355 g/mol. The van der Waals surface area contributed by atoms with Gasteiger partial charge in [0.1, 0.15) is 11.6 Å². The Kier molecular flexibility index (Phi) is 4.42. The van der Waals surface area contributed by atoms with Crippen LogP contribution in [0.3, 0.4) is 0 Å². The highest BCUT2D eigenvalue weighted by atomic mass is 16.5. The monoisotopic (exact) mass is 355 g/mol. The fraction of sp³-hybridized carbons (Fsp3) is 0.0952. The molecular weight excluding hydrogens is 338 g/mol. The zero-order valence-electron chi connectivity index (χ0n) is 14.7. The minimum atomic E-state index is 0.381. The molecule has 0 radical (unpaired) electrons. The van der Waals surface area contributed by atoms with E-state index < -0.39 is 0 Å². The maximum absolute atomic E-state index is 8.77. The standard InChI is InChI=1S/C21H17N5O/c1-14-12-19(26-25-14)23-21-18-5-3-2-4-16(18)13-20(24-21)27-17-8-6-15(7-9-17)10-11-22/h2-9,12-13H,10H2,1H3,(H2,23,24,25,26). The van der Waals surface area contributed by atoms with Crippen molar-refractivity contribution in [2.75, 3.05) is 5.32 Å². The van der Waals surface area contributed by atoms with Crippen molar-refractivity contribution in [2.24, 2.45) is 0 Å². The number of aryl methyl sites for hydroxylation is 1. The number of pyridine rings is 1. The molecule has 2 aromatic heterocycles. The number of H-pyrrole nitrogens is 1. The molecule has 2 N–H and O–H groups in total. The lowest BCUT2D eigenvalue weighted by atomic mass is 10.1. The summed E-state index contributed by atoms with van der Waals surface area (Å²) >= 11 is 0. The van der Waals surface area contributed by atoms with Crippen LogP contribution in [0.4, 0.5) is 11.6 Å². The summed E-state index contributed by atoms with van der Waals surface area (Å²) < 4.78 is 5.94. The Balaban J connectivity index is 1.67. The van der Waals surface area contributed by atoms with Crippen molar-refractivity contribution < 1.29 is 4.74 Å². The highest BCUT2D eigenvalue weighted by Gasteiger charge is 2.09. The van der Waals surface area contributed by atoms with Gasteiger partial charge in [-0.05, 0) is 30.0 Å². The number of hydrogen-bond acceptors (Lipinski definition) is 5. The fourth-order valence-corrected chi connectivity index (χ4v) is 2.81. The predicted octanol–water partition coefficient (Wildman–Crippen LogP) is 4.87. The molecule has 0 saturated carbocycles. The van der Waals surface area contributed by atoms with Crippen molar-refractivity contribution >= 4 is 22.4 Å². The number of hydrogen-bond donors (Lipinski definition) is 2. The van der Waals surface area contributed by atoms with E-state index in [1.807, 2.05) is 67.6 Å². The van der Waals surface area contributed by atoms with Gasteiger partial charge in [0, 0.05) is 23.2 Å². The number of rotatable bonds is 5. The van der Waals surface area contributed by atoms with Gasteiger partial charge in [-0.3, -0.25) is 5.10 Å². The van der Waals surface area contributed by atoms with E-state index in [1.54, 1.807) is 0 Å². The number of fused-ring (bicyclic) bond motifs is 1. The van der Waals surface area contributed by atoms with Crippen molar-refractivity contribution in [1.82, 2.24) is 15.2 Å². The quantitative estimate of drug-likeness (QED) is 0.533. The van der Waals surface area contributed by atoms with Gasteiger partial charge in [-0.1, -0.05) is 36.4 Å². The van der Waals surface area contributed by atoms with Gasteiger partial charge >= 0.3 is 0 Å². The molecule has 0 unspecified atom stereocenters. The molecule has 0 fully saturated rings. The van der Waals surface area contributed by atoms with Gasteiger partial charge in [0.05, 0.1) is 12.5 Å². The Hall–Kier alpha value is -3.85. The number of aromatic amines is 1. The van der Waals surface area contributed by atoms with E-state index in [4.69, 9.17) is 10.00 Å². The summed E-state index contributed by atoms with van der Waals surface area (Å²) in [6, 6.07) is 21.4. The molecular formula is C21H17N5O. The van der Waals surface area contributed by atoms with Gasteiger partial charge in [0.2, 0.25) is 5.88 Å². The molecule has 0 bridgehead atoms. The molecule has 2 aromatic carbocycles. The number of nitrogens with one attached hydrogen (secondary N) is 2. The van der Waals surface area contributed by atoms with Crippen LogP contribution in [0, 0.1) is 18.3 Å². The van der Waals surface area contributed by atoms with Crippen molar-refractivity contribution in [1.29, 1.82) is 5.26 Å². The maximum Gasteiger partial charge on any atom is 0.221 e. The number of aromatic nitrogens is 3. The first-order valence-electron chi connectivity index (χ1n) is 8.54. The third kappa shape index (κ3) is 3.72. The molecule has 0 spiro atoms. The first kappa shape index (κ1) is 16.6. The largest absolute Gasteiger partial charge is 0.439 e. The number of benzene rings is 2. The van der Waals surface area contributed by atoms with Crippen LogP contribution in [-0.2, 0) is 6.42 Å². The lowest BCUT2D eigenvalue weighted by Gasteiger charge is -2.11. The number of nitrogens with zero attached hydrogens (tertiary/aromatic N) is 3. The zero-order valence-corrected chi connectivity index (χ0v) is 14.7. The summed E-state index contributed by atoms with van der Waals surface area (Å²) in [5.41, 5.74) is 1.92. The summed E-state index contributed by atoms with van der Waals surface area (Å²) in [4.78, 5) is 4.62. The molecule has 132 valence electrons. The van der Waals surface area contributed by atoms with Crippen LogP contribution in [0.1, 0.15) is 11.3 Å². The molecule has 0 saturated heterocycles. The van der Waals surface area contributed by atoms with Crippen LogP contribution in [-0.4, -0.2) is 15.2 Å². The first-order valence-corrected chi connectivity index (χ1v) is 8.54. The van der Waals surface area contributed by atoms with E-state index >= 15 is 0 Å². The lowest BCUT2D eigenvalue weighted by Crippen LogP contribution is -1.98. The van der Waals surface area contributed by atoms with E-state index in [1.165, 1.54) is 0 Å². The molecule has 4 aromatic rings. The fourth-order valence-electron chi connectivity index (χ4n) is 2.81. The van der Waals surface area contributed by atoms with Crippen LogP contribution in [0.15, 0.2) is 60.7 Å². The highest BCUT2D eigenvalue weighted by molar-refractivity contribution is 5.93. The Morgan fingerprint density at radius 1 is 1.11 bits per heavy atom. The predicted molar refractivity (Wildman–Crippen MR) is 104 cm³/mol. The minimum absolute atomic E-state index is 0.381. The summed E-state index contributed by atoms with van der Waals surface area (Å²) in [5.74, 6) is 2.52. The normalized spacial score (nSPS) is 10.5. The summed E-state index contributed by atoms with van der Waals surface area (Å²) in [6.45, 7) is 1.94. The Morgan fingerprint density at radius 2 is 1.93 bits per heavy atom. The average Bonchev–Trinajstić information content (AvgIpc) is 3.08. The molecule has 2 heterocycles. The van der Waals surface area contributed by atoms with Crippen molar-refractivity contribution in [3.05, 3.63) is 71.9 Å². The Labute approximate surface area is 156 Å². The van der Waals surface area contributed by atoms with Crippen molar-refractivity contribution in [3.8, 4) is 17.7 Å². The van der Waals surface area contributed by atoms with Gasteiger partial charge in [-0.15, -0.1) is 0 Å². The molecule has 6 heteroatoms. The van der Waals surface area contributed by atoms with E-state index in [9.17, 15) is 0 Å². The van der Waals surface area contributed by atoms with E-state index in [0.717, 1.165) is 22.0 Å². The van der Waals surface area contributed by atoms with Crippen molar-refractivity contribution in [2.45, 2.75) is 13.3 Å². The summed E-state index contributed by atoms with van der Waals surface area (Å²) in [7, 11) is 0. The second kappa shape index (κ2) is 7.18. The Bertz CT molecular complexity index is 1130. The molecule has 6 nitrogen and oxygen atoms in total. The smallest absolute Gasteiger partial charge is 0.221 e. The molecule has 0 aliphatic carbocycles. The van der Waals surface area contributed by atoms with Crippen LogP contribution in [0.5, 0.6) is 11.6 Å². The van der Waals surface area contributed by atoms with Crippen LogP contribution >= 0.6 is 0 Å². The van der Waals surface area contributed by atoms with E-state index in [-0.39, 0.29) is 0 Å². The van der Waals surface area contributed by atoms with Gasteiger partial charge in [-0.25, -0.2) is 0 Å². The number of ether oxygens (including phenoxy) is 1. The van der Waals surface area contributed by atoms with E-state index in [0.29, 0.717) is 29.7 Å². The van der Waals surface area contributed by atoms with Crippen LogP contribution in [0.2, 0.25) is 0 Å². The minimum Gasteiger partial charge on any atom is -0.439 e. The highest BCUT2D eigenvalue weighted by Crippen LogP contribution is 2.30. The molecule has 0 atom stereocenters. The summed E-state index contributed by atoms with van der Waals surface area (Å²) in [5, 5.41) is 21.1. The van der Waals surface area contributed by atoms with Crippen LogP contribution < -0.4 is 10.1 Å². The second-order valence-electron chi connectivity index (χ2n) is 6.17. The SMILES string of the molecule is Cc1cc(Nc2nc(Oc3ccc(CC#N)cc3)cc3ccccc23)n[nH]1. The third-order valence-electron chi connectivity index (χ3n) is 4.10. The van der Waals surface area contributed by atoms with Crippen LogP contribution in [0.25, 0.3) is 10.8 Å². The van der Waals surface area contributed by atoms with Gasteiger partial charge in [-0.2, -0.15) is 15.3 Å². The van der Waals surface area contributed by atoms with E-state index in [2.05, 4.69) is 26.6 Å². The van der Waals surface area contributed by atoms with Gasteiger partial charge < -0.3 is 10.1 Å². The number of nitriles is 1. The zero-order chi connectivity index (χ0) is 18.6. The topological polar surface area (TPSA) is 86.6 Å². The molecule has 0 aliphatic rings. The molecule has 4 rings (SSSR count). The lowest BCUT2D eigenvalue weighted by molar-refractivity contribution is 0.464. The maximum atomic E-state index is 8.77. The Morgan fingerprint density at radius 3 is 2.67 bits per heavy atom.